The van der Waals surface area contributed by atoms with Gasteiger partial charge in [-0.25, -0.2) is 4.79 Å². The van der Waals surface area contributed by atoms with Crippen LogP contribution < -0.4 is 5.73 Å². The summed E-state index contributed by atoms with van der Waals surface area (Å²) in [4.78, 5) is 10.9. The largest absolute Gasteiger partial charge is 0.466 e. The molecule has 0 atom stereocenters. The van der Waals surface area contributed by atoms with Crippen molar-refractivity contribution in [2.45, 2.75) is 6.92 Å². The molecule has 0 saturated carbocycles. The molecule has 0 aliphatic heterocycles. The van der Waals surface area contributed by atoms with Crippen molar-refractivity contribution in [2.75, 3.05) is 7.11 Å². The Hall–Kier alpha value is -1.77. The zero-order valence-corrected chi connectivity index (χ0v) is 8.28. The Labute approximate surface area is 83.2 Å². The molecule has 1 aromatic carbocycles. The number of ether oxygens (including phenoxy) is 1. The second kappa shape index (κ2) is 4.46. The number of carbonyl (C=O) groups excluding carboxylic acids is 1. The van der Waals surface area contributed by atoms with Gasteiger partial charge in [-0.3, -0.25) is 0 Å². The summed E-state index contributed by atoms with van der Waals surface area (Å²) >= 11 is 0. The van der Waals surface area contributed by atoms with Crippen molar-refractivity contribution in [3.05, 3.63) is 41.5 Å². The molecule has 1 aromatic rings. The number of esters is 1. The molecule has 3 nitrogen and oxygen atoms in total. The second-order valence-corrected chi connectivity index (χ2v) is 2.94. The van der Waals surface area contributed by atoms with Gasteiger partial charge >= 0.3 is 5.97 Å². The maximum Gasteiger partial charge on any atom is 0.332 e. The van der Waals surface area contributed by atoms with Gasteiger partial charge in [0.1, 0.15) is 0 Å². The van der Waals surface area contributed by atoms with Crippen LogP contribution in [0.3, 0.4) is 0 Å². The number of aryl methyl sites for hydroxylation is 1. The van der Waals surface area contributed by atoms with Gasteiger partial charge in [0.25, 0.3) is 0 Å². The van der Waals surface area contributed by atoms with E-state index in [1.165, 1.54) is 13.2 Å². The van der Waals surface area contributed by atoms with Crippen molar-refractivity contribution in [3.63, 3.8) is 0 Å². The van der Waals surface area contributed by atoms with E-state index in [0.717, 1.165) is 11.1 Å². The average molecular weight is 191 g/mol. The topological polar surface area (TPSA) is 52.3 Å². The minimum atomic E-state index is -0.439. The van der Waals surface area contributed by atoms with E-state index in [0.29, 0.717) is 5.70 Å². The first-order valence-electron chi connectivity index (χ1n) is 4.26. The zero-order valence-electron chi connectivity index (χ0n) is 8.28. The molecule has 0 saturated heterocycles. The van der Waals surface area contributed by atoms with Gasteiger partial charge in [-0.2, -0.15) is 0 Å². The summed E-state index contributed by atoms with van der Waals surface area (Å²) in [6.45, 7) is 1.94. The van der Waals surface area contributed by atoms with Crippen molar-refractivity contribution in [3.8, 4) is 0 Å². The summed E-state index contributed by atoms with van der Waals surface area (Å²) in [5.74, 6) is -0.439. The summed E-state index contributed by atoms with van der Waals surface area (Å²) in [6.07, 6.45) is 1.28. The minimum Gasteiger partial charge on any atom is -0.466 e. The first kappa shape index (κ1) is 10.3. The fraction of sp³-hybridized carbons (Fsp3) is 0.182. The molecular weight excluding hydrogens is 178 g/mol. The lowest BCUT2D eigenvalue weighted by atomic mass is 10.1. The first-order valence-corrected chi connectivity index (χ1v) is 4.26. The van der Waals surface area contributed by atoms with Gasteiger partial charge in [0.05, 0.1) is 7.11 Å². The molecule has 0 aliphatic rings. The number of benzene rings is 1. The Kier molecular flexibility index (Phi) is 3.29. The molecule has 0 spiro atoms. The minimum absolute atomic E-state index is 0.426. The van der Waals surface area contributed by atoms with Gasteiger partial charge in [-0.1, -0.05) is 24.3 Å². The average Bonchev–Trinajstić information content (AvgIpc) is 2.18. The Morgan fingerprint density at radius 3 is 2.64 bits per heavy atom. The quantitative estimate of drug-likeness (QED) is 0.569. The number of nitrogens with two attached hydrogens (primary N) is 1. The predicted molar refractivity (Wildman–Crippen MR) is 55.4 cm³/mol. The maximum absolute atomic E-state index is 10.9. The van der Waals surface area contributed by atoms with Crippen LogP contribution in [0.2, 0.25) is 0 Å². The van der Waals surface area contributed by atoms with Crippen molar-refractivity contribution >= 4 is 11.7 Å². The van der Waals surface area contributed by atoms with Gasteiger partial charge in [0.15, 0.2) is 0 Å². The van der Waals surface area contributed by atoms with E-state index in [2.05, 4.69) is 4.74 Å². The van der Waals surface area contributed by atoms with Crippen LogP contribution in [0, 0.1) is 6.92 Å². The first-order chi connectivity index (χ1) is 6.65. The van der Waals surface area contributed by atoms with Gasteiger partial charge in [0, 0.05) is 17.3 Å². The fourth-order valence-corrected chi connectivity index (χ4v) is 1.16. The highest BCUT2D eigenvalue weighted by Gasteiger charge is 2.02. The lowest BCUT2D eigenvalue weighted by Crippen LogP contribution is -2.04. The highest BCUT2D eigenvalue weighted by molar-refractivity contribution is 5.90. The molecule has 3 heteroatoms. The number of hydrogen-bond acceptors (Lipinski definition) is 3. The second-order valence-electron chi connectivity index (χ2n) is 2.94. The molecule has 1 rings (SSSR count). The van der Waals surface area contributed by atoms with Crippen LogP contribution in [0.5, 0.6) is 0 Å². The van der Waals surface area contributed by atoms with Crippen molar-refractivity contribution in [2.24, 2.45) is 5.73 Å². The van der Waals surface area contributed by atoms with Crippen LogP contribution in [0.1, 0.15) is 11.1 Å². The molecule has 74 valence electrons. The summed E-state index contributed by atoms with van der Waals surface area (Å²) in [5.41, 5.74) is 8.05. The Morgan fingerprint density at radius 2 is 2.07 bits per heavy atom. The molecule has 2 N–H and O–H groups in total. The number of carbonyl (C=O) groups is 1. The standard InChI is InChI=1S/C11H13NO2/c1-8-5-3-4-6-9(8)10(12)7-11(13)14-2/h3-7H,12H2,1-2H3. The molecule has 0 aromatic heterocycles. The Morgan fingerprint density at radius 1 is 1.43 bits per heavy atom. The van der Waals surface area contributed by atoms with Crippen LogP contribution in [0.25, 0.3) is 5.70 Å². The van der Waals surface area contributed by atoms with Crippen LogP contribution >= 0.6 is 0 Å². The Bertz CT molecular complexity index is 369. The molecule has 0 bridgehead atoms. The lowest BCUT2D eigenvalue weighted by molar-refractivity contribution is -0.134. The highest BCUT2D eigenvalue weighted by atomic mass is 16.5. The third-order valence-corrected chi connectivity index (χ3v) is 1.93. The molecule has 0 radical (unpaired) electrons. The summed E-state index contributed by atoms with van der Waals surface area (Å²) in [7, 11) is 1.32. The molecule has 0 amide bonds. The van der Waals surface area contributed by atoms with Crippen molar-refractivity contribution in [1.29, 1.82) is 0 Å². The van der Waals surface area contributed by atoms with E-state index in [9.17, 15) is 4.79 Å². The van der Waals surface area contributed by atoms with Crippen LogP contribution in [0.15, 0.2) is 30.3 Å². The van der Waals surface area contributed by atoms with Gasteiger partial charge < -0.3 is 10.5 Å². The van der Waals surface area contributed by atoms with Crippen LogP contribution in [-0.2, 0) is 9.53 Å². The van der Waals surface area contributed by atoms with E-state index in [1.807, 2.05) is 31.2 Å². The monoisotopic (exact) mass is 191 g/mol. The van der Waals surface area contributed by atoms with Crippen LogP contribution in [0.4, 0.5) is 0 Å². The van der Waals surface area contributed by atoms with Crippen LogP contribution in [-0.4, -0.2) is 13.1 Å². The third-order valence-electron chi connectivity index (χ3n) is 1.93. The molecule has 0 aliphatic carbocycles. The summed E-state index contributed by atoms with van der Waals surface area (Å²) in [5, 5.41) is 0. The molecule has 0 heterocycles. The number of hydrogen-bond donors (Lipinski definition) is 1. The van der Waals surface area contributed by atoms with E-state index in [-0.39, 0.29) is 0 Å². The van der Waals surface area contributed by atoms with E-state index in [4.69, 9.17) is 5.73 Å². The predicted octanol–water partition coefficient (Wildman–Crippen LogP) is 1.47. The molecule has 0 unspecified atom stereocenters. The Balaban J connectivity index is 3.00. The van der Waals surface area contributed by atoms with Crippen molar-refractivity contribution in [1.82, 2.24) is 0 Å². The molecule has 14 heavy (non-hydrogen) atoms. The normalized spacial score (nSPS) is 11.1. The van der Waals surface area contributed by atoms with E-state index >= 15 is 0 Å². The van der Waals surface area contributed by atoms with Crippen molar-refractivity contribution < 1.29 is 9.53 Å². The van der Waals surface area contributed by atoms with Gasteiger partial charge in [-0.05, 0) is 12.5 Å². The van der Waals surface area contributed by atoms with E-state index < -0.39 is 5.97 Å². The number of methoxy groups -OCH3 is 1. The fourth-order valence-electron chi connectivity index (χ4n) is 1.16. The smallest absolute Gasteiger partial charge is 0.332 e. The molecular formula is C11H13NO2. The highest BCUT2D eigenvalue weighted by Crippen LogP contribution is 2.13. The number of rotatable bonds is 2. The lowest BCUT2D eigenvalue weighted by Gasteiger charge is -2.04. The molecule has 0 fully saturated rings. The zero-order chi connectivity index (χ0) is 10.6. The third kappa shape index (κ3) is 2.36. The SMILES string of the molecule is COC(=O)C=C(N)c1ccccc1C. The van der Waals surface area contributed by atoms with Gasteiger partial charge in [0.2, 0.25) is 0 Å². The summed E-state index contributed by atoms with van der Waals surface area (Å²) < 4.78 is 4.49. The maximum atomic E-state index is 10.9. The van der Waals surface area contributed by atoms with Gasteiger partial charge in [-0.15, -0.1) is 0 Å². The summed E-state index contributed by atoms with van der Waals surface area (Å²) in [6, 6.07) is 7.60. The van der Waals surface area contributed by atoms with E-state index in [1.54, 1.807) is 0 Å².